The van der Waals surface area contributed by atoms with Gasteiger partial charge in [-0.2, -0.15) is 5.10 Å². The van der Waals surface area contributed by atoms with Gasteiger partial charge in [0.15, 0.2) is 5.03 Å². The zero-order chi connectivity index (χ0) is 13.2. The average molecular weight is 336 g/mol. The van der Waals surface area contributed by atoms with Gasteiger partial charge in [-0.1, -0.05) is 35.2 Å². The van der Waals surface area contributed by atoms with Crippen LogP contribution in [0.1, 0.15) is 32.1 Å². The van der Waals surface area contributed by atoms with Crippen molar-refractivity contribution in [2.45, 2.75) is 42.7 Å². The molecule has 0 aliphatic heterocycles. The Morgan fingerprint density at radius 3 is 2.61 bits per heavy atom. The second kappa shape index (κ2) is 5.30. The first-order valence-corrected chi connectivity index (χ1v) is 8.68. The number of hydrogen-bond acceptors (Lipinski definition) is 3. The molecule has 5 nitrogen and oxygen atoms in total. The minimum atomic E-state index is -3.50. The number of nitrogens with zero attached hydrogens (tertiary/aromatic N) is 2. The van der Waals surface area contributed by atoms with Gasteiger partial charge in [-0.3, -0.25) is 4.68 Å². The topological polar surface area (TPSA) is 64.0 Å². The van der Waals surface area contributed by atoms with E-state index in [9.17, 15) is 8.42 Å². The summed E-state index contributed by atoms with van der Waals surface area (Å²) in [5.41, 5.74) is -0.346. The summed E-state index contributed by atoms with van der Waals surface area (Å²) < 4.78 is 29.0. The third-order valence-electron chi connectivity index (χ3n) is 3.47. The van der Waals surface area contributed by atoms with E-state index in [0.717, 1.165) is 25.7 Å². The highest BCUT2D eigenvalue weighted by Gasteiger charge is 2.36. The third kappa shape index (κ3) is 2.78. The fraction of sp³-hybridized carbons (Fsp3) is 0.727. The molecule has 1 saturated carbocycles. The van der Waals surface area contributed by atoms with E-state index in [4.69, 9.17) is 0 Å². The first-order valence-electron chi connectivity index (χ1n) is 6.07. The van der Waals surface area contributed by atoms with E-state index in [1.165, 1.54) is 23.4 Å². The number of aromatic nitrogens is 2. The van der Waals surface area contributed by atoms with Crippen molar-refractivity contribution < 1.29 is 8.42 Å². The highest BCUT2D eigenvalue weighted by molar-refractivity contribution is 9.09. The first-order chi connectivity index (χ1) is 8.49. The molecule has 102 valence electrons. The van der Waals surface area contributed by atoms with E-state index < -0.39 is 10.0 Å². The highest BCUT2D eigenvalue weighted by atomic mass is 79.9. The predicted octanol–water partition coefficient (Wildman–Crippen LogP) is 1.80. The standard InChI is InChI=1S/C11H18BrN3O2S/c1-15-10(5-8-13-15)18(16,17)14-11(9-12)6-3-2-4-7-11/h5,8,14H,2-4,6-7,9H2,1H3. The summed E-state index contributed by atoms with van der Waals surface area (Å²) >= 11 is 3.45. The SMILES string of the molecule is Cn1nccc1S(=O)(=O)NC1(CBr)CCCCC1. The quantitative estimate of drug-likeness (QED) is 0.853. The Morgan fingerprint density at radius 1 is 1.44 bits per heavy atom. The van der Waals surface area contributed by atoms with E-state index >= 15 is 0 Å². The van der Waals surface area contributed by atoms with Crippen LogP contribution in [0.3, 0.4) is 0 Å². The smallest absolute Gasteiger partial charge is 0.256 e. The predicted molar refractivity (Wildman–Crippen MR) is 73.1 cm³/mol. The number of nitrogens with one attached hydrogen (secondary N) is 1. The van der Waals surface area contributed by atoms with Gasteiger partial charge in [0.25, 0.3) is 10.0 Å². The molecule has 0 radical (unpaired) electrons. The molecule has 0 bridgehead atoms. The van der Waals surface area contributed by atoms with Crippen LogP contribution in [0.25, 0.3) is 0 Å². The lowest BCUT2D eigenvalue weighted by Gasteiger charge is -2.36. The van der Waals surface area contributed by atoms with Crippen LogP contribution in [0.15, 0.2) is 17.3 Å². The van der Waals surface area contributed by atoms with Crippen LogP contribution >= 0.6 is 15.9 Å². The summed E-state index contributed by atoms with van der Waals surface area (Å²) in [6.45, 7) is 0. The molecule has 7 heteroatoms. The van der Waals surface area contributed by atoms with Crippen LogP contribution in [-0.4, -0.2) is 29.1 Å². The summed E-state index contributed by atoms with van der Waals surface area (Å²) in [6.07, 6.45) is 6.59. The zero-order valence-corrected chi connectivity index (χ0v) is 12.8. The van der Waals surface area contributed by atoms with Gasteiger partial charge < -0.3 is 0 Å². The number of halogens is 1. The molecule has 1 fully saturated rings. The van der Waals surface area contributed by atoms with E-state index in [-0.39, 0.29) is 10.6 Å². The second-order valence-electron chi connectivity index (χ2n) is 4.87. The molecule has 1 N–H and O–H groups in total. The monoisotopic (exact) mass is 335 g/mol. The third-order valence-corrected chi connectivity index (χ3v) is 6.19. The molecule has 1 aliphatic carbocycles. The van der Waals surface area contributed by atoms with Crippen molar-refractivity contribution in [3.05, 3.63) is 12.3 Å². The van der Waals surface area contributed by atoms with Crippen molar-refractivity contribution in [3.63, 3.8) is 0 Å². The van der Waals surface area contributed by atoms with Gasteiger partial charge in [-0.25, -0.2) is 13.1 Å². The molecule has 1 aromatic rings. The van der Waals surface area contributed by atoms with E-state index in [1.54, 1.807) is 7.05 Å². The van der Waals surface area contributed by atoms with Gasteiger partial charge >= 0.3 is 0 Å². The Bertz CT molecular complexity index is 506. The van der Waals surface area contributed by atoms with Gasteiger partial charge in [0.05, 0.1) is 6.20 Å². The fourth-order valence-electron chi connectivity index (χ4n) is 2.45. The van der Waals surface area contributed by atoms with Gasteiger partial charge in [0.2, 0.25) is 0 Å². The maximum absolute atomic E-state index is 12.4. The van der Waals surface area contributed by atoms with Crippen molar-refractivity contribution in [2.75, 3.05) is 5.33 Å². The molecule has 1 aliphatic rings. The van der Waals surface area contributed by atoms with Gasteiger partial charge in [0, 0.05) is 17.9 Å². The maximum atomic E-state index is 12.4. The summed E-state index contributed by atoms with van der Waals surface area (Å²) in [5, 5.41) is 4.78. The number of hydrogen-bond donors (Lipinski definition) is 1. The van der Waals surface area contributed by atoms with Gasteiger partial charge in [-0.15, -0.1) is 0 Å². The molecule has 18 heavy (non-hydrogen) atoms. The molecular formula is C11H18BrN3O2S. The minimum absolute atomic E-state index is 0.216. The summed E-state index contributed by atoms with van der Waals surface area (Å²) in [6, 6.07) is 1.52. The van der Waals surface area contributed by atoms with E-state index in [0.29, 0.717) is 5.33 Å². The lowest BCUT2D eigenvalue weighted by Crippen LogP contribution is -2.51. The zero-order valence-electron chi connectivity index (χ0n) is 10.4. The molecule has 1 aromatic heterocycles. The number of sulfonamides is 1. The number of alkyl halides is 1. The first kappa shape index (κ1) is 14.0. The van der Waals surface area contributed by atoms with Crippen LogP contribution in [0, 0.1) is 0 Å². The van der Waals surface area contributed by atoms with Crippen molar-refractivity contribution >= 4 is 26.0 Å². The molecule has 0 saturated heterocycles. The van der Waals surface area contributed by atoms with Crippen molar-refractivity contribution in [3.8, 4) is 0 Å². The summed E-state index contributed by atoms with van der Waals surface area (Å²) in [4.78, 5) is 0. The van der Waals surface area contributed by atoms with Crippen LogP contribution in [-0.2, 0) is 17.1 Å². The lowest BCUT2D eigenvalue weighted by molar-refractivity contribution is 0.301. The van der Waals surface area contributed by atoms with E-state index in [2.05, 4.69) is 25.8 Å². The Hall–Kier alpha value is -0.400. The summed E-state index contributed by atoms with van der Waals surface area (Å²) in [5.74, 6) is 0. The van der Waals surface area contributed by atoms with Crippen LogP contribution in [0.2, 0.25) is 0 Å². The normalized spacial score (nSPS) is 19.9. The molecule has 0 amide bonds. The molecular weight excluding hydrogens is 318 g/mol. The van der Waals surface area contributed by atoms with Crippen molar-refractivity contribution in [2.24, 2.45) is 7.05 Å². The molecule has 0 unspecified atom stereocenters. The molecule has 2 rings (SSSR count). The number of aryl methyl sites for hydroxylation is 1. The van der Waals surface area contributed by atoms with Gasteiger partial charge in [-0.05, 0) is 18.9 Å². The molecule has 1 heterocycles. The van der Waals surface area contributed by atoms with Crippen LogP contribution in [0.5, 0.6) is 0 Å². The minimum Gasteiger partial charge on any atom is -0.256 e. The molecule has 0 atom stereocenters. The van der Waals surface area contributed by atoms with Gasteiger partial charge in [0.1, 0.15) is 0 Å². The van der Waals surface area contributed by atoms with Crippen LogP contribution < -0.4 is 4.72 Å². The lowest BCUT2D eigenvalue weighted by atomic mass is 9.84. The average Bonchev–Trinajstić information content (AvgIpc) is 2.77. The Labute approximate surface area is 116 Å². The largest absolute Gasteiger partial charge is 0.258 e. The Morgan fingerprint density at radius 2 is 2.11 bits per heavy atom. The Balaban J connectivity index is 2.24. The second-order valence-corrected chi connectivity index (χ2v) is 7.06. The van der Waals surface area contributed by atoms with E-state index in [1.807, 2.05) is 0 Å². The molecule has 0 aromatic carbocycles. The maximum Gasteiger partial charge on any atom is 0.258 e. The fourth-order valence-corrected chi connectivity index (χ4v) is 4.93. The Kier molecular flexibility index (Phi) is 4.13. The van der Waals surface area contributed by atoms with Crippen molar-refractivity contribution in [1.82, 2.24) is 14.5 Å². The summed E-state index contributed by atoms with van der Waals surface area (Å²) in [7, 11) is -1.86. The van der Waals surface area contributed by atoms with Crippen molar-refractivity contribution in [1.29, 1.82) is 0 Å². The van der Waals surface area contributed by atoms with Crippen LogP contribution in [0.4, 0.5) is 0 Å². The molecule has 0 spiro atoms. The number of rotatable bonds is 4. The highest BCUT2D eigenvalue weighted by Crippen LogP contribution is 2.31.